The number of halogens is 2. The average molecular weight is 603 g/mol. The molecule has 0 bridgehead atoms. The number of sulfonamides is 1. The van der Waals surface area contributed by atoms with Gasteiger partial charge in [-0.3, -0.25) is 14.4 Å². The summed E-state index contributed by atoms with van der Waals surface area (Å²) in [5, 5.41) is 3.50. The SMILES string of the molecule is CCCCNC(=O)C(Cc1ccccc1)N(Cc1ccc(Cl)c(Cl)c1)C(=O)CN1C(=O)c2ccccc2S1(=O)=O. The van der Waals surface area contributed by atoms with Crippen molar-refractivity contribution in [2.45, 2.75) is 43.7 Å². The normalized spacial score (nSPS) is 14.5. The lowest BCUT2D eigenvalue weighted by molar-refractivity contribution is -0.141. The topological polar surface area (TPSA) is 104 Å². The molecule has 1 aliphatic rings. The second-order valence-electron chi connectivity index (χ2n) is 9.43. The zero-order valence-corrected chi connectivity index (χ0v) is 24.2. The fourth-order valence-electron chi connectivity index (χ4n) is 4.50. The molecular formula is C29H29Cl2N3O5S. The van der Waals surface area contributed by atoms with Crippen LogP contribution in [0.5, 0.6) is 0 Å². The van der Waals surface area contributed by atoms with E-state index in [0.29, 0.717) is 21.4 Å². The van der Waals surface area contributed by atoms with Crippen LogP contribution in [0.4, 0.5) is 0 Å². The van der Waals surface area contributed by atoms with E-state index >= 15 is 0 Å². The highest BCUT2D eigenvalue weighted by atomic mass is 35.5. The van der Waals surface area contributed by atoms with Gasteiger partial charge in [0.1, 0.15) is 17.5 Å². The number of amides is 3. The summed E-state index contributed by atoms with van der Waals surface area (Å²) >= 11 is 12.3. The van der Waals surface area contributed by atoms with Gasteiger partial charge in [-0.1, -0.05) is 85.1 Å². The Hall–Kier alpha value is -3.40. The molecule has 3 amide bonds. The summed E-state index contributed by atoms with van der Waals surface area (Å²) in [7, 11) is -4.23. The Morgan fingerprint density at radius 3 is 2.33 bits per heavy atom. The van der Waals surface area contributed by atoms with Gasteiger partial charge in [0, 0.05) is 19.5 Å². The maximum atomic E-state index is 13.9. The van der Waals surface area contributed by atoms with Gasteiger partial charge in [0.25, 0.3) is 15.9 Å². The Morgan fingerprint density at radius 2 is 1.65 bits per heavy atom. The molecule has 0 spiro atoms. The molecule has 3 aromatic carbocycles. The van der Waals surface area contributed by atoms with E-state index in [-0.39, 0.29) is 34.4 Å². The molecule has 40 heavy (non-hydrogen) atoms. The van der Waals surface area contributed by atoms with Crippen molar-refractivity contribution in [2.75, 3.05) is 13.1 Å². The van der Waals surface area contributed by atoms with Gasteiger partial charge in [-0.25, -0.2) is 12.7 Å². The molecule has 0 fully saturated rings. The molecule has 0 radical (unpaired) electrons. The third-order valence-corrected chi connectivity index (χ3v) is 9.15. The van der Waals surface area contributed by atoms with E-state index in [9.17, 15) is 22.8 Å². The summed E-state index contributed by atoms with van der Waals surface area (Å²) in [6, 6.07) is 18.9. The smallest absolute Gasteiger partial charge is 0.269 e. The predicted molar refractivity (Wildman–Crippen MR) is 154 cm³/mol. The largest absolute Gasteiger partial charge is 0.354 e. The van der Waals surface area contributed by atoms with E-state index in [2.05, 4.69) is 5.32 Å². The van der Waals surface area contributed by atoms with Gasteiger partial charge in [0.15, 0.2) is 0 Å². The minimum absolute atomic E-state index is 0.00415. The van der Waals surface area contributed by atoms with Crippen LogP contribution >= 0.6 is 23.2 Å². The molecular weight excluding hydrogens is 573 g/mol. The number of carbonyl (C=O) groups is 3. The Balaban J connectivity index is 1.71. The lowest BCUT2D eigenvalue weighted by Gasteiger charge is -2.32. The van der Waals surface area contributed by atoms with Gasteiger partial charge in [-0.05, 0) is 41.8 Å². The summed E-state index contributed by atoms with van der Waals surface area (Å²) in [5.41, 5.74) is 1.40. The first-order valence-electron chi connectivity index (χ1n) is 12.8. The standard InChI is InChI=1S/C29H29Cl2N3O5S/c1-2-3-15-32-28(36)25(17-20-9-5-4-6-10-20)33(18-21-13-14-23(30)24(31)16-21)27(35)19-34-29(37)22-11-7-8-12-26(22)40(34,38)39/h4-14,16,25H,2-3,15,17-19H2,1H3,(H,32,36). The first-order valence-corrected chi connectivity index (χ1v) is 15.0. The van der Waals surface area contributed by atoms with E-state index in [0.717, 1.165) is 18.4 Å². The monoisotopic (exact) mass is 601 g/mol. The Kier molecular flexibility index (Phi) is 9.50. The summed E-state index contributed by atoms with van der Waals surface area (Å²) < 4.78 is 26.9. The van der Waals surface area contributed by atoms with Gasteiger partial charge >= 0.3 is 0 Å². The first kappa shape index (κ1) is 29.6. The molecule has 0 saturated heterocycles. The van der Waals surface area contributed by atoms with Crippen molar-refractivity contribution >= 4 is 50.9 Å². The quantitative estimate of drug-likeness (QED) is 0.321. The maximum Gasteiger partial charge on any atom is 0.269 e. The van der Waals surface area contributed by atoms with Crippen LogP contribution < -0.4 is 5.32 Å². The third kappa shape index (κ3) is 6.49. The maximum absolute atomic E-state index is 13.9. The van der Waals surface area contributed by atoms with E-state index in [1.165, 1.54) is 23.1 Å². The minimum Gasteiger partial charge on any atom is -0.354 e. The molecule has 0 aromatic heterocycles. The van der Waals surface area contributed by atoms with E-state index < -0.39 is 34.4 Å². The zero-order valence-electron chi connectivity index (χ0n) is 21.8. The summed E-state index contributed by atoms with van der Waals surface area (Å²) in [6.07, 6.45) is 1.79. The van der Waals surface area contributed by atoms with Crippen molar-refractivity contribution in [2.24, 2.45) is 0 Å². The number of fused-ring (bicyclic) bond motifs is 1. The van der Waals surface area contributed by atoms with Crippen LogP contribution in [-0.2, 0) is 32.6 Å². The van der Waals surface area contributed by atoms with E-state index in [1.54, 1.807) is 24.3 Å². The molecule has 8 nitrogen and oxygen atoms in total. The molecule has 0 saturated carbocycles. The molecule has 0 aliphatic carbocycles. The number of unbranched alkanes of at least 4 members (excludes halogenated alkanes) is 1. The number of carbonyl (C=O) groups excluding carboxylic acids is 3. The number of benzene rings is 3. The fourth-order valence-corrected chi connectivity index (χ4v) is 6.33. The van der Waals surface area contributed by atoms with Gasteiger partial charge in [-0.2, -0.15) is 0 Å². The molecule has 1 heterocycles. The van der Waals surface area contributed by atoms with Crippen LogP contribution in [0.15, 0.2) is 77.7 Å². The van der Waals surface area contributed by atoms with Gasteiger partial charge < -0.3 is 10.2 Å². The van der Waals surface area contributed by atoms with Crippen molar-refractivity contribution in [1.82, 2.24) is 14.5 Å². The lowest BCUT2D eigenvalue weighted by Crippen LogP contribution is -2.53. The van der Waals surface area contributed by atoms with Crippen molar-refractivity contribution in [3.8, 4) is 0 Å². The van der Waals surface area contributed by atoms with Gasteiger partial charge in [0.05, 0.1) is 15.6 Å². The van der Waals surface area contributed by atoms with Crippen molar-refractivity contribution in [3.05, 3.63) is 99.5 Å². The van der Waals surface area contributed by atoms with Crippen LogP contribution in [0.2, 0.25) is 10.0 Å². The van der Waals surface area contributed by atoms with Crippen molar-refractivity contribution < 1.29 is 22.8 Å². The molecule has 1 aliphatic heterocycles. The number of rotatable bonds is 11. The van der Waals surface area contributed by atoms with E-state index in [4.69, 9.17) is 23.2 Å². The molecule has 210 valence electrons. The molecule has 11 heteroatoms. The molecule has 1 N–H and O–H groups in total. The third-order valence-electron chi connectivity index (χ3n) is 6.63. The van der Waals surface area contributed by atoms with Crippen LogP contribution in [-0.4, -0.2) is 54.5 Å². The molecule has 1 atom stereocenters. The lowest BCUT2D eigenvalue weighted by atomic mass is 10.0. The molecule has 1 unspecified atom stereocenters. The van der Waals surface area contributed by atoms with Crippen molar-refractivity contribution in [1.29, 1.82) is 0 Å². The number of nitrogens with zero attached hydrogens (tertiary/aromatic N) is 2. The number of hydrogen-bond donors (Lipinski definition) is 1. The number of hydrogen-bond acceptors (Lipinski definition) is 5. The van der Waals surface area contributed by atoms with Crippen LogP contribution in [0.3, 0.4) is 0 Å². The Labute approximate surface area is 243 Å². The second kappa shape index (κ2) is 12.8. The van der Waals surface area contributed by atoms with Crippen molar-refractivity contribution in [3.63, 3.8) is 0 Å². The molecule has 3 aromatic rings. The summed E-state index contributed by atoms with van der Waals surface area (Å²) in [6.45, 7) is 1.59. The minimum atomic E-state index is -4.23. The van der Waals surface area contributed by atoms with Gasteiger partial charge in [-0.15, -0.1) is 0 Å². The van der Waals surface area contributed by atoms with Crippen LogP contribution in [0, 0.1) is 0 Å². The summed E-state index contributed by atoms with van der Waals surface area (Å²) in [4.78, 5) is 41.7. The molecule has 4 rings (SSSR count). The highest BCUT2D eigenvalue weighted by molar-refractivity contribution is 7.90. The number of nitrogens with one attached hydrogen (secondary N) is 1. The van der Waals surface area contributed by atoms with Gasteiger partial charge in [0.2, 0.25) is 11.8 Å². The Morgan fingerprint density at radius 1 is 0.950 bits per heavy atom. The zero-order chi connectivity index (χ0) is 28.9. The highest BCUT2D eigenvalue weighted by Crippen LogP contribution is 2.30. The van der Waals surface area contributed by atoms with E-state index in [1.807, 2.05) is 37.3 Å². The summed E-state index contributed by atoms with van der Waals surface area (Å²) in [5.74, 6) is -1.88. The predicted octanol–water partition coefficient (Wildman–Crippen LogP) is 4.69. The first-order chi connectivity index (χ1) is 19.1. The van der Waals surface area contributed by atoms with Crippen LogP contribution in [0.1, 0.15) is 41.3 Å². The Bertz CT molecular complexity index is 1520. The van der Waals surface area contributed by atoms with Crippen LogP contribution in [0.25, 0.3) is 0 Å². The fraction of sp³-hybridized carbons (Fsp3) is 0.276. The second-order valence-corrected chi connectivity index (χ2v) is 12.1. The average Bonchev–Trinajstić information content (AvgIpc) is 3.13. The highest BCUT2D eigenvalue weighted by Gasteiger charge is 2.43.